The van der Waals surface area contributed by atoms with Gasteiger partial charge in [-0.1, -0.05) is 12.8 Å². The lowest BCUT2D eigenvalue weighted by atomic mass is 9.93. The summed E-state index contributed by atoms with van der Waals surface area (Å²) in [5, 5.41) is 14.6. The molecule has 1 heterocycles. The number of nitrogen functional groups attached to an aromatic ring is 1. The van der Waals surface area contributed by atoms with Crippen molar-refractivity contribution in [2.45, 2.75) is 57.1 Å². The second-order valence-electron chi connectivity index (χ2n) is 5.03. The van der Waals surface area contributed by atoms with Gasteiger partial charge in [-0.25, -0.2) is 4.68 Å². The van der Waals surface area contributed by atoms with Crippen molar-refractivity contribution in [3.63, 3.8) is 0 Å². The minimum Gasteiger partial charge on any atom is -0.391 e. The van der Waals surface area contributed by atoms with Gasteiger partial charge in [0.2, 0.25) is 0 Å². The maximum absolute atomic E-state index is 10.0. The van der Waals surface area contributed by atoms with Crippen molar-refractivity contribution in [1.82, 2.24) is 9.78 Å². The fraction of sp³-hybridized carbons (Fsp3) is 0.750. The second-order valence-corrected chi connectivity index (χ2v) is 5.03. The van der Waals surface area contributed by atoms with Crippen LogP contribution in [0.15, 0.2) is 0 Å². The Kier molecular flexibility index (Phi) is 2.39. The van der Waals surface area contributed by atoms with Gasteiger partial charge in [0.05, 0.1) is 17.8 Å². The van der Waals surface area contributed by atoms with Gasteiger partial charge in [-0.05, 0) is 32.1 Å². The average molecular weight is 221 g/mol. The summed E-state index contributed by atoms with van der Waals surface area (Å²) in [6.07, 6.45) is 7.20. The lowest BCUT2D eigenvalue weighted by molar-refractivity contribution is 0.0703. The average Bonchev–Trinajstić information content (AvgIpc) is 2.83. The molecule has 1 aromatic rings. The molecule has 0 amide bonds. The molecule has 16 heavy (non-hydrogen) atoms. The van der Waals surface area contributed by atoms with Crippen LogP contribution in [0.25, 0.3) is 0 Å². The lowest BCUT2D eigenvalue weighted by Gasteiger charge is -2.28. The molecule has 4 nitrogen and oxygen atoms in total. The number of aliphatic hydroxyl groups excluding tert-OH is 1. The summed E-state index contributed by atoms with van der Waals surface area (Å²) in [6, 6.07) is 0.111. The normalized spacial score (nSPS) is 29.3. The highest BCUT2D eigenvalue weighted by atomic mass is 16.3. The highest BCUT2D eigenvalue weighted by molar-refractivity contribution is 5.46. The molecule has 1 fully saturated rings. The van der Waals surface area contributed by atoms with Gasteiger partial charge in [-0.15, -0.1) is 0 Å². The summed E-state index contributed by atoms with van der Waals surface area (Å²) in [5.41, 5.74) is 8.53. The van der Waals surface area contributed by atoms with E-state index in [1.165, 1.54) is 18.4 Å². The molecule has 2 aliphatic rings. The summed E-state index contributed by atoms with van der Waals surface area (Å²) >= 11 is 0. The molecule has 0 bridgehead atoms. The smallest absolute Gasteiger partial charge is 0.125 e. The van der Waals surface area contributed by atoms with E-state index >= 15 is 0 Å². The highest BCUT2D eigenvalue weighted by Gasteiger charge is 2.30. The van der Waals surface area contributed by atoms with Gasteiger partial charge in [0.15, 0.2) is 0 Å². The van der Waals surface area contributed by atoms with Crippen molar-refractivity contribution < 1.29 is 5.11 Å². The van der Waals surface area contributed by atoms with Crippen LogP contribution in [0.3, 0.4) is 0 Å². The number of anilines is 1. The number of rotatable bonds is 1. The third-order valence-electron chi connectivity index (χ3n) is 3.98. The van der Waals surface area contributed by atoms with Crippen LogP contribution < -0.4 is 5.73 Å². The Balaban J connectivity index is 1.94. The van der Waals surface area contributed by atoms with E-state index < -0.39 is 0 Å². The first-order valence-corrected chi connectivity index (χ1v) is 6.31. The van der Waals surface area contributed by atoms with Crippen LogP contribution >= 0.6 is 0 Å². The minimum absolute atomic E-state index is 0.111. The zero-order valence-electron chi connectivity index (χ0n) is 9.52. The lowest BCUT2D eigenvalue weighted by Crippen LogP contribution is -2.29. The van der Waals surface area contributed by atoms with Crippen molar-refractivity contribution >= 4 is 5.82 Å². The molecule has 0 saturated heterocycles. The van der Waals surface area contributed by atoms with Crippen LogP contribution in [0.4, 0.5) is 5.82 Å². The molecule has 0 aromatic carbocycles. The molecule has 0 aliphatic heterocycles. The van der Waals surface area contributed by atoms with Crippen LogP contribution in [-0.2, 0) is 12.8 Å². The maximum Gasteiger partial charge on any atom is 0.125 e. The van der Waals surface area contributed by atoms with Crippen LogP contribution in [-0.4, -0.2) is 21.0 Å². The van der Waals surface area contributed by atoms with Crippen molar-refractivity contribution in [2.24, 2.45) is 0 Å². The van der Waals surface area contributed by atoms with E-state index in [1.54, 1.807) is 0 Å². The van der Waals surface area contributed by atoms with Crippen LogP contribution in [0, 0.1) is 0 Å². The van der Waals surface area contributed by atoms with Gasteiger partial charge in [-0.2, -0.15) is 5.10 Å². The molecule has 0 radical (unpaired) electrons. The van der Waals surface area contributed by atoms with Gasteiger partial charge in [0.1, 0.15) is 5.82 Å². The Morgan fingerprint density at radius 2 is 2.00 bits per heavy atom. The fourth-order valence-electron chi connectivity index (χ4n) is 3.07. The van der Waals surface area contributed by atoms with E-state index in [2.05, 4.69) is 5.10 Å². The Labute approximate surface area is 95.4 Å². The second kappa shape index (κ2) is 3.77. The summed E-state index contributed by atoms with van der Waals surface area (Å²) in [5.74, 6) is 0.804. The van der Waals surface area contributed by atoms with Crippen LogP contribution in [0.1, 0.15) is 49.4 Å². The standard InChI is InChI=1S/C12H19N3O/c13-12-8-4-3-5-9(8)14-15(12)10-6-1-2-7-11(10)16/h10-11,16H,1-7,13H2. The first-order chi connectivity index (χ1) is 7.77. The summed E-state index contributed by atoms with van der Waals surface area (Å²) in [4.78, 5) is 0. The van der Waals surface area contributed by atoms with Crippen LogP contribution in [0.2, 0.25) is 0 Å². The Bertz CT molecular complexity index is 399. The predicted octanol–water partition coefficient (Wildman–Crippen LogP) is 1.43. The maximum atomic E-state index is 10.0. The Morgan fingerprint density at radius 3 is 2.75 bits per heavy atom. The predicted molar refractivity (Wildman–Crippen MR) is 62.2 cm³/mol. The molecular formula is C12H19N3O. The minimum atomic E-state index is -0.268. The van der Waals surface area contributed by atoms with Gasteiger partial charge in [0.25, 0.3) is 0 Å². The topological polar surface area (TPSA) is 64.1 Å². The molecule has 0 spiro atoms. The quantitative estimate of drug-likeness (QED) is 0.754. The number of aliphatic hydroxyl groups is 1. The van der Waals surface area contributed by atoms with Gasteiger partial charge >= 0.3 is 0 Å². The van der Waals surface area contributed by atoms with E-state index in [0.29, 0.717) is 0 Å². The monoisotopic (exact) mass is 221 g/mol. The molecule has 2 atom stereocenters. The molecule has 3 rings (SSSR count). The largest absolute Gasteiger partial charge is 0.391 e. The highest BCUT2D eigenvalue weighted by Crippen LogP contribution is 2.34. The Morgan fingerprint density at radius 1 is 1.19 bits per heavy atom. The number of aromatic nitrogens is 2. The first-order valence-electron chi connectivity index (χ1n) is 6.31. The zero-order valence-corrected chi connectivity index (χ0v) is 9.52. The van der Waals surface area contributed by atoms with Gasteiger partial charge < -0.3 is 10.8 Å². The number of nitrogens with zero attached hydrogens (tertiary/aromatic N) is 2. The molecule has 4 heteroatoms. The van der Waals surface area contributed by atoms with Crippen molar-refractivity contribution in [3.05, 3.63) is 11.3 Å². The van der Waals surface area contributed by atoms with Crippen molar-refractivity contribution in [2.75, 3.05) is 5.73 Å². The SMILES string of the molecule is Nc1c2c(nn1C1CCCCC1O)CCC2. The van der Waals surface area contributed by atoms with Crippen molar-refractivity contribution in [1.29, 1.82) is 0 Å². The third-order valence-corrected chi connectivity index (χ3v) is 3.98. The Hall–Kier alpha value is -1.03. The number of nitrogens with two attached hydrogens (primary N) is 1. The number of hydrogen-bond donors (Lipinski definition) is 2. The van der Waals surface area contributed by atoms with Gasteiger partial charge in [0, 0.05) is 5.56 Å². The third kappa shape index (κ3) is 1.44. The van der Waals surface area contributed by atoms with E-state index in [9.17, 15) is 5.11 Å². The molecule has 2 unspecified atom stereocenters. The fourth-order valence-corrected chi connectivity index (χ4v) is 3.07. The molecule has 1 saturated carbocycles. The van der Waals surface area contributed by atoms with E-state index in [-0.39, 0.29) is 12.1 Å². The van der Waals surface area contributed by atoms with Crippen LogP contribution in [0.5, 0.6) is 0 Å². The molecule has 3 N–H and O–H groups in total. The number of fused-ring (bicyclic) bond motifs is 1. The van der Waals surface area contributed by atoms with E-state index in [4.69, 9.17) is 5.73 Å². The molecular weight excluding hydrogens is 202 g/mol. The number of aryl methyl sites for hydroxylation is 1. The summed E-state index contributed by atoms with van der Waals surface area (Å²) < 4.78 is 1.90. The summed E-state index contributed by atoms with van der Waals surface area (Å²) in [7, 11) is 0. The van der Waals surface area contributed by atoms with Crippen molar-refractivity contribution in [3.8, 4) is 0 Å². The van der Waals surface area contributed by atoms with E-state index in [0.717, 1.165) is 43.6 Å². The van der Waals surface area contributed by atoms with Gasteiger partial charge in [-0.3, -0.25) is 0 Å². The summed E-state index contributed by atoms with van der Waals surface area (Å²) in [6.45, 7) is 0. The molecule has 2 aliphatic carbocycles. The van der Waals surface area contributed by atoms with E-state index in [1.807, 2.05) is 4.68 Å². The molecule has 1 aromatic heterocycles. The zero-order chi connectivity index (χ0) is 11.1. The number of hydrogen-bond acceptors (Lipinski definition) is 3. The first kappa shape index (κ1) is 10.1. The molecule has 88 valence electrons.